The summed E-state index contributed by atoms with van der Waals surface area (Å²) in [4.78, 5) is 15.1. The smallest absolute Gasteiger partial charge is 0.258 e. The van der Waals surface area contributed by atoms with E-state index < -0.39 is 16.1 Å². The maximum absolute atomic E-state index is 13.4. The number of carbonyl (C=O) groups is 1. The van der Waals surface area contributed by atoms with Crippen LogP contribution in [0.5, 0.6) is 0 Å². The maximum Gasteiger partial charge on any atom is 0.258 e. The highest BCUT2D eigenvalue weighted by molar-refractivity contribution is 7.92. The van der Waals surface area contributed by atoms with Crippen molar-refractivity contribution in [2.75, 3.05) is 15.5 Å². The Hall–Kier alpha value is -2.83. The van der Waals surface area contributed by atoms with Gasteiger partial charge in [0.1, 0.15) is 0 Å². The molecule has 0 saturated carbocycles. The summed E-state index contributed by atoms with van der Waals surface area (Å²) in [5, 5.41) is 0.565. The number of hydrogen-bond acceptors (Lipinski definition) is 3. The van der Waals surface area contributed by atoms with E-state index in [1.165, 1.54) is 10.6 Å². The van der Waals surface area contributed by atoms with E-state index in [4.69, 9.17) is 11.6 Å². The summed E-state index contributed by atoms with van der Waals surface area (Å²) in [6, 6.07) is 22.8. The minimum Gasteiger partial charge on any atom is -0.305 e. The van der Waals surface area contributed by atoms with Crippen LogP contribution in [-0.2, 0) is 10.0 Å². The van der Waals surface area contributed by atoms with Gasteiger partial charge in [-0.05, 0) is 61.4 Å². The predicted molar refractivity (Wildman–Crippen MR) is 125 cm³/mol. The Morgan fingerprint density at radius 2 is 1.58 bits per heavy atom. The van der Waals surface area contributed by atoms with Crippen LogP contribution in [0, 0.1) is 0 Å². The van der Waals surface area contributed by atoms with Gasteiger partial charge in [0.05, 0.1) is 18.0 Å². The van der Waals surface area contributed by atoms with E-state index in [0.29, 0.717) is 22.7 Å². The number of amides is 1. The molecule has 0 saturated heterocycles. The Morgan fingerprint density at radius 3 is 2.23 bits per heavy atom. The quantitative estimate of drug-likeness (QED) is 0.538. The number of sulfonamides is 1. The molecular formula is C24H23ClN2O3S. The molecule has 0 spiro atoms. The molecule has 1 aliphatic rings. The lowest BCUT2D eigenvalue weighted by atomic mass is 9.90. The highest BCUT2D eigenvalue weighted by Gasteiger charge is 2.39. The van der Waals surface area contributed by atoms with E-state index in [9.17, 15) is 13.2 Å². The molecule has 0 fully saturated rings. The molecule has 0 N–H and O–H groups in total. The predicted octanol–water partition coefficient (Wildman–Crippen LogP) is 5.29. The summed E-state index contributed by atoms with van der Waals surface area (Å²) < 4.78 is 27.2. The van der Waals surface area contributed by atoms with Crippen LogP contribution in [0.1, 0.15) is 35.3 Å². The highest BCUT2D eigenvalue weighted by Crippen LogP contribution is 2.43. The molecular weight excluding hydrogens is 432 g/mol. The summed E-state index contributed by atoms with van der Waals surface area (Å²) in [7, 11) is -3.56. The van der Waals surface area contributed by atoms with E-state index >= 15 is 0 Å². The number of halogens is 1. The van der Waals surface area contributed by atoms with Crippen molar-refractivity contribution < 1.29 is 13.2 Å². The molecule has 1 amide bonds. The molecule has 4 rings (SSSR count). The second-order valence-corrected chi connectivity index (χ2v) is 10.0. The van der Waals surface area contributed by atoms with Gasteiger partial charge in [0.2, 0.25) is 10.0 Å². The zero-order valence-corrected chi connectivity index (χ0v) is 18.8. The average molecular weight is 455 g/mol. The molecule has 1 aliphatic heterocycles. The summed E-state index contributed by atoms with van der Waals surface area (Å²) in [6.45, 7) is 1.95. The zero-order chi connectivity index (χ0) is 22.2. The lowest BCUT2D eigenvalue weighted by Crippen LogP contribution is -2.47. The zero-order valence-electron chi connectivity index (χ0n) is 17.3. The fourth-order valence-electron chi connectivity index (χ4n) is 4.22. The highest BCUT2D eigenvalue weighted by atomic mass is 35.5. The molecule has 2 atom stereocenters. The third-order valence-electron chi connectivity index (χ3n) is 5.52. The molecule has 0 radical (unpaired) electrons. The molecule has 0 aliphatic carbocycles. The van der Waals surface area contributed by atoms with Crippen LogP contribution in [0.2, 0.25) is 5.02 Å². The van der Waals surface area contributed by atoms with Crippen molar-refractivity contribution in [3.63, 3.8) is 0 Å². The summed E-state index contributed by atoms with van der Waals surface area (Å²) >= 11 is 5.98. The van der Waals surface area contributed by atoms with Gasteiger partial charge in [0.25, 0.3) is 5.91 Å². The van der Waals surface area contributed by atoms with Crippen molar-refractivity contribution in [3.05, 3.63) is 95.0 Å². The SMILES string of the molecule is CC1CC(N(c2ccccc2)S(C)(=O)=O)c2ccccc2N1C(=O)c1ccc(Cl)cc1. The third-order valence-corrected chi connectivity index (χ3v) is 6.95. The molecule has 160 valence electrons. The second-order valence-electron chi connectivity index (χ2n) is 7.74. The molecule has 5 nitrogen and oxygen atoms in total. The Balaban J connectivity index is 1.81. The molecule has 2 unspecified atom stereocenters. The fraction of sp³-hybridized carbons (Fsp3) is 0.208. The average Bonchev–Trinajstić information content (AvgIpc) is 2.74. The van der Waals surface area contributed by atoms with Crippen LogP contribution in [0.15, 0.2) is 78.9 Å². The largest absolute Gasteiger partial charge is 0.305 e. The minimum atomic E-state index is -3.56. The summed E-state index contributed by atoms with van der Waals surface area (Å²) in [5.41, 5.74) is 2.66. The van der Waals surface area contributed by atoms with Gasteiger partial charge in [-0.15, -0.1) is 0 Å². The van der Waals surface area contributed by atoms with Crippen LogP contribution >= 0.6 is 11.6 Å². The number of benzene rings is 3. The van der Waals surface area contributed by atoms with Crippen molar-refractivity contribution in [2.24, 2.45) is 0 Å². The first-order chi connectivity index (χ1) is 14.8. The van der Waals surface area contributed by atoms with Crippen LogP contribution in [-0.4, -0.2) is 26.6 Å². The number of anilines is 2. The van der Waals surface area contributed by atoms with Gasteiger partial charge in [-0.2, -0.15) is 0 Å². The van der Waals surface area contributed by atoms with Crippen molar-refractivity contribution in [2.45, 2.75) is 25.4 Å². The van der Waals surface area contributed by atoms with Crippen molar-refractivity contribution in [1.82, 2.24) is 0 Å². The van der Waals surface area contributed by atoms with Gasteiger partial charge in [0.15, 0.2) is 0 Å². The minimum absolute atomic E-state index is 0.138. The van der Waals surface area contributed by atoms with Crippen LogP contribution in [0.4, 0.5) is 11.4 Å². The first-order valence-electron chi connectivity index (χ1n) is 10.00. The Kier molecular flexibility index (Phi) is 5.77. The fourth-order valence-corrected chi connectivity index (χ4v) is 5.51. The standard InChI is InChI=1S/C24H23ClN2O3S/c1-17-16-23(27(31(2,29)30)20-8-4-3-5-9-20)21-10-6-7-11-22(21)26(17)24(28)18-12-14-19(25)15-13-18/h3-15,17,23H,16H2,1-2H3. The van der Waals surface area contributed by atoms with Crippen molar-refractivity contribution >= 4 is 38.9 Å². The molecule has 3 aromatic rings. The summed E-state index contributed by atoms with van der Waals surface area (Å²) in [5.74, 6) is -0.138. The molecule has 1 heterocycles. The van der Waals surface area contributed by atoms with Crippen LogP contribution in [0.3, 0.4) is 0 Å². The van der Waals surface area contributed by atoms with Gasteiger partial charge < -0.3 is 4.90 Å². The molecule has 31 heavy (non-hydrogen) atoms. The number of para-hydroxylation sites is 2. The first-order valence-corrected chi connectivity index (χ1v) is 12.2. The van der Waals surface area contributed by atoms with E-state index in [-0.39, 0.29) is 11.9 Å². The molecule has 7 heteroatoms. The van der Waals surface area contributed by atoms with E-state index in [0.717, 1.165) is 11.3 Å². The number of carbonyl (C=O) groups excluding carboxylic acids is 1. The van der Waals surface area contributed by atoms with E-state index in [1.807, 2.05) is 49.4 Å². The number of fused-ring (bicyclic) bond motifs is 1. The Morgan fingerprint density at radius 1 is 0.968 bits per heavy atom. The second kappa shape index (κ2) is 8.36. The van der Waals surface area contributed by atoms with Gasteiger partial charge in [-0.25, -0.2) is 8.42 Å². The molecule has 3 aromatic carbocycles. The van der Waals surface area contributed by atoms with Gasteiger partial charge in [-0.3, -0.25) is 9.10 Å². The van der Waals surface area contributed by atoms with Gasteiger partial charge in [-0.1, -0.05) is 48.0 Å². The monoisotopic (exact) mass is 454 g/mol. The van der Waals surface area contributed by atoms with E-state index in [1.54, 1.807) is 41.3 Å². The number of hydrogen-bond donors (Lipinski definition) is 0. The van der Waals surface area contributed by atoms with Crippen LogP contribution in [0.25, 0.3) is 0 Å². The van der Waals surface area contributed by atoms with Gasteiger partial charge >= 0.3 is 0 Å². The lowest BCUT2D eigenvalue weighted by molar-refractivity contribution is 0.0974. The Labute approximate surface area is 187 Å². The Bertz CT molecular complexity index is 1200. The number of nitrogens with zero attached hydrogens (tertiary/aromatic N) is 2. The van der Waals surface area contributed by atoms with Crippen molar-refractivity contribution in [3.8, 4) is 0 Å². The van der Waals surface area contributed by atoms with Crippen LogP contribution < -0.4 is 9.21 Å². The first kappa shape index (κ1) is 21.4. The summed E-state index contributed by atoms with van der Waals surface area (Å²) in [6.07, 6.45) is 1.69. The molecule has 0 bridgehead atoms. The molecule has 0 aromatic heterocycles. The normalized spacial score (nSPS) is 18.4. The van der Waals surface area contributed by atoms with Crippen molar-refractivity contribution in [1.29, 1.82) is 0 Å². The topological polar surface area (TPSA) is 57.7 Å². The van der Waals surface area contributed by atoms with E-state index in [2.05, 4.69) is 0 Å². The van der Waals surface area contributed by atoms with Gasteiger partial charge in [0, 0.05) is 22.3 Å². The lowest BCUT2D eigenvalue weighted by Gasteiger charge is -2.43. The number of rotatable bonds is 4. The third kappa shape index (κ3) is 4.18. The maximum atomic E-state index is 13.4.